The lowest BCUT2D eigenvalue weighted by atomic mass is 9.89. The number of para-hydroxylation sites is 2. The van der Waals surface area contributed by atoms with E-state index in [4.69, 9.17) is 0 Å². The minimum Gasteiger partial charge on any atom is -0.389 e. The van der Waals surface area contributed by atoms with E-state index in [0.29, 0.717) is 12.8 Å². The van der Waals surface area contributed by atoms with E-state index in [-0.39, 0.29) is 18.4 Å². The number of imidazole rings is 1. The lowest BCUT2D eigenvalue weighted by Gasteiger charge is -2.27. The number of hydrogen-bond acceptors (Lipinski definition) is 3. The summed E-state index contributed by atoms with van der Waals surface area (Å²) >= 11 is 0. The van der Waals surface area contributed by atoms with Gasteiger partial charge in [-0.1, -0.05) is 38.8 Å². The van der Waals surface area contributed by atoms with Crippen LogP contribution in [0.1, 0.15) is 64.7 Å². The number of rotatable bonds is 8. The number of hydrogen-bond donors (Lipinski definition) is 2. The highest BCUT2D eigenvalue weighted by Crippen LogP contribution is 2.24. The Balaban J connectivity index is 2.08. The summed E-state index contributed by atoms with van der Waals surface area (Å²) in [6.45, 7) is 5.99. The molecule has 1 heterocycles. The minimum absolute atomic E-state index is 0.126. The number of aryl methyl sites for hydroxylation is 1. The van der Waals surface area contributed by atoms with Crippen LogP contribution in [0.2, 0.25) is 0 Å². The summed E-state index contributed by atoms with van der Waals surface area (Å²) in [4.78, 5) is 17.0. The molecule has 2 N–H and O–H groups in total. The summed E-state index contributed by atoms with van der Waals surface area (Å²) in [5.74, 6) is 0.693. The van der Waals surface area contributed by atoms with Crippen LogP contribution in [0.15, 0.2) is 24.3 Å². The molecule has 132 valence electrons. The standard InChI is InChI=1S/C19H29N3O2/c1-5-11-19(24,12-6-2)13-17(23)20-14(3)18-21-15-9-7-8-10-16(15)22(18)4/h7-10,14,24H,5-6,11-13H2,1-4H3,(H,20,23). The van der Waals surface area contributed by atoms with Crippen molar-refractivity contribution in [2.45, 2.75) is 64.5 Å². The summed E-state index contributed by atoms with van der Waals surface area (Å²) in [5, 5.41) is 13.6. The topological polar surface area (TPSA) is 67.2 Å². The Morgan fingerprint density at radius 1 is 1.29 bits per heavy atom. The molecule has 24 heavy (non-hydrogen) atoms. The lowest BCUT2D eigenvalue weighted by molar-refractivity contribution is -0.127. The highest BCUT2D eigenvalue weighted by atomic mass is 16.3. The van der Waals surface area contributed by atoms with Crippen LogP contribution >= 0.6 is 0 Å². The van der Waals surface area contributed by atoms with Gasteiger partial charge in [0.05, 0.1) is 29.1 Å². The van der Waals surface area contributed by atoms with Crippen molar-refractivity contribution in [3.05, 3.63) is 30.1 Å². The van der Waals surface area contributed by atoms with Crippen molar-refractivity contribution in [2.75, 3.05) is 0 Å². The maximum absolute atomic E-state index is 12.4. The van der Waals surface area contributed by atoms with Crippen LogP contribution in [-0.4, -0.2) is 26.2 Å². The fourth-order valence-corrected chi connectivity index (χ4v) is 3.44. The number of carbonyl (C=O) groups excluding carboxylic acids is 1. The monoisotopic (exact) mass is 331 g/mol. The van der Waals surface area contributed by atoms with Crippen molar-refractivity contribution in [3.63, 3.8) is 0 Å². The number of nitrogens with one attached hydrogen (secondary N) is 1. The third kappa shape index (κ3) is 4.15. The van der Waals surface area contributed by atoms with Gasteiger partial charge in [-0.05, 0) is 31.9 Å². The number of fused-ring (bicyclic) bond motifs is 1. The molecule has 0 spiro atoms. The Bertz CT molecular complexity index is 687. The summed E-state index contributed by atoms with van der Waals surface area (Å²) < 4.78 is 2.00. The van der Waals surface area contributed by atoms with E-state index < -0.39 is 5.60 Å². The Hall–Kier alpha value is -1.88. The smallest absolute Gasteiger partial charge is 0.223 e. The molecule has 2 aromatic rings. The van der Waals surface area contributed by atoms with Crippen LogP contribution in [-0.2, 0) is 11.8 Å². The van der Waals surface area contributed by atoms with Gasteiger partial charge in [-0.3, -0.25) is 4.79 Å². The lowest BCUT2D eigenvalue weighted by Crippen LogP contribution is -2.38. The first-order valence-corrected chi connectivity index (χ1v) is 8.83. The van der Waals surface area contributed by atoms with Crippen LogP contribution in [0.4, 0.5) is 0 Å². The zero-order chi connectivity index (χ0) is 17.7. The zero-order valence-corrected chi connectivity index (χ0v) is 15.2. The van der Waals surface area contributed by atoms with Gasteiger partial charge in [-0.25, -0.2) is 4.98 Å². The number of benzene rings is 1. The van der Waals surface area contributed by atoms with Gasteiger partial charge < -0.3 is 15.0 Å². The van der Waals surface area contributed by atoms with E-state index in [0.717, 1.165) is 29.7 Å². The van der Waals surface area contributed by atoms with Gasteiger partial charge in [0.2, 0.25) is 5.91 Å². The molecule has 0 saturated heterocycles. The second-order valence-corrected chi connectivity index (χ2v) is 6.71. The second-order valence-electron chi connectivity index (χ2n) is 6.71. The van der Waals surface area contributed by atoms with Crippen LogP contribution in [0.3, 0.4) is 0 Å². The van der Waals surface area contributed by atoms with E-state index in [1.54, 1.807) is 0 Å². The fraction of sp³-hybridized carbons (Fsp3) is 0.579. The van der Waals surface area contributed by atoms with Crippen molar-refractivity contribution >= 4 is 16.9 Å². The number of carbonyl (C=O) groups is 1. The first-order chi connectivity index (χ1) is 11.4. The Morgan fingerprint density at radius 3 is 2.50 bits per heavy atom. The molecular weight excluding hydrogens is 302 g/mol. The van der Waals surface area contributed by atoms with E-state index in [1.165, 1.54) is 0 Å². The molecule has 0 saturated carbocycles. The Kier molecular flexibility index (Phi) is 5.99. The van der Waals surface area contributed by atoms with Crippen LogP contribution in [0.25, 0.3) is 11.0 Å². The fourth-order valence-electron chi connectivity index (χ4n) is 3.44. The normalized spacial score (nSPS) is 13.2. The van der Waals surface area contributed by atoms with Crippen molar-refractivity contribution in [1.82, 2.24) is 14.9 Å². The molecule has 0 fully saturated rings. The molecule has 1 amide bonds. The number of amides is 1. The largest absolute Gasteiger partial charge is 0.389 e. The molecule has 1 unspecified atom stereocenters. The predicted octanol–water partition coefficient (Wildman–Crippen LogP) is 3.47. The predicted molar refractivity (Wildman–Crippen MR) is 96.7 cm³/mol. The summed E-state index contributed by atoms with van der Waals surface area (Å²) in [7, 11) is 1.96. The highest BCUT2D eigenvalue weighted by molar-refractivity contribution is 5.78. The molecule has 0 bridgehead atoms. The second kappa shape index (κ2) is 7.79. The summed E-state index contributed by atoms with van der Waals surface area (Å²) in [5.41, 5.74) is 1.06. The molecule has 0 aliphatic carbocycles. The van der Waals surface area contributed by atoms with Gasteiger partial charge in [0.15, 0.2) is 0 Å². The Morgan fingerprint density at radius 2 is 1.92 bits per heavy atom. The van der Waals surface area contributed by atoms with Crippen molar-refractivity contribution in [1.29, 1.82) is 0 Å². The molecule has 1 atom stereocenters. The average molecular weight is 331 g/mol. The van der Waals surface area contributed by atoms with E-state index >= 15 is 0 Å². The molecular formula is C19H29N3O2. The van der Waals surface area contributed by atoms with Crippen molar-refractivity contribution < 1.29 is 9.90 Å². The first kappa shape index (κ1) is 18.5. The molecule has 1 aromatic heterocycles. The zero-order valence-electron chi connectivity index (χ0n) is 15.2. The quantitative estimate of drug-likeness (QED) is 0.778. The van der Waals surface area contributed by atoms with Gasteiger partial charge >= 0.3 is 0 Å². The maximum Gasteiger partial charge on any atom is 0.223 e. The molecule has 0 radical (unpaired) electrons. The van der Waals surface area contributed by atoms with Gasteiger partial charge in [0.25, 0.3) is 0 Å². The van der Waals surface area contributed by atoms with Crippen LogP contribution < -0.4 is 5.32 Å². The molecule has 1 aromatic carbocycles. The SMILES string of the molecule is CCCC(O)(CCC)CC(=O)NC(C)c1nc2ccccc2n1C. The van der Waals surface area contributed by atoms with Gasteiger partial charge in [0, 0.05) is 7.05 Å². The van der Waals surface area contributed by atoms with Gasteiger partial charge in [-0.15, -0.1) is 0 Å². The van der Waals surface area contributed by atoms with Crippen molar-refractivity contribution in [2.24, 2.45) is 7.05 Å². The Labute approximate surface area is 144 Å². The number of aliphatic hydroxyl groups is 1. The summed E-state index contributed by atoms with van der Waals surface area (Å²) in [6, 6.07) is 7.71. The number of nitrogens with zero attached hydrogens (tertiary/aromatic N) is 2. The third-order valence-corrected chi connectivity index (χ3v) is 4.51. The van der Waals surface area contributed by atoms with Gasteiger partial charge in [-0.2, -0.15) is 0 Å². The van der Waals surface area contributed by atoms with Crippen LogP contribution in [0.5, 0.6) is 0 Å². The minimum atomic E-state index is -0.903. The average Bonchev–Trinajstić information content (AvgIpc) is 2.85. The maximum atomic E-state index is 12.4. The molecule has 2 rings (SSSR count). The summed E-state index contributed by atoms with van der Waals surface area (Å²) in [6.07, 6.45) is 3.17. The van der Waals surface area contributed by atoms with Gasteiger partial charge in [0.1, 0.15) is 5.82 Å². The van der Waals surface area contributed by atoms with E-state index in [2.05, 4.69) is 10.3 Å². The van der Waals surface area contributed by atoms with E-state index in [9.17, 15) is 9.90 Å². The first-order valence-electron chi connectivity index (χ1n) is 8.83. The van der Waals surface area contributed by atoms with Crippen LogP contribution in [0, 0.1) is 0 Å². The number of aromatic nitrogens is 2. The highest BCUT2D eigenvalue weighted by Gasteiger charge is 2.29. The van der Waals surface area contributed by atoms with Crippen molar-refractivity contribution in [3.8, 4) is 0 Å². The third-order valence-electron chi connectivity index (χ3n) is 4.51. The molecule has 5 nitrogen and oxygen atoms in total. The van der Waals surface area contributed by atoms with E-state index in [1.807, 2.05) is 56.7 Å². The molecule has 0 aliphatic rings. The molecule has 5 heteroatoms. The molecule has 0 aliphatic heterocycles.